The smallest absolute Gasteiger partial charge is 0.330 e. The number of aliphatic hydroxyl groups excluding tert-OH is 1. The van der Waals surface area contributed by atoms with Gasteiger partial charge in [-0.2, -0.15) is 0 Å². The Kier molecular flexibility index (Phi) is 15.8. The Morgan fingerprint density at radius 1 is 1.00 bits per heavy atom. The van der Waals surface area contributed by atoms with Crippen molar-refractivity contribution in [2.75, 3.05) is 19.8 Å². The van der Waals surface area contributed by atoms with Crippen molar-refractivity contribution in [2.24, 2.45) is 0 Å². The van der Waals surface area contributed by atoms with E-state index in [2.05, 4.69) is 13.5 Å². The maximum Gasteiger partial charge on any atom is 0.330 e. The van der Waals surface area contributed by atoms with Crippen LogP contribution in [-0.2, 0) is 14.3 Å². The average molecular weight is 314 g/mol. The molecule has 0 saturated carbocycles. The second-order valence-corrected chi connectivity index (χ2v) is 5.74. The maximum absolute atomic E-state index is 10.8. The standard InChI is InChI=1S/C18H34O4/c1-3-5-6-7-8-9-10-11-12-13-14-21-15-17(19)16-22-18(20)4-2/h4,17,19H,2-3,5-16H2,1H3. The van der Waals surface area contributed by atoms with Gasteiger partial charge in [0.2, 0.25) is 0 Å². The molecule has 0 aliphatic heterocycles. The van der Waals surface area contributed by atoms with Crippen molar-refractivity contribution in [3.05, 3.63) is 12.7 Å². The molecular formula is C18H34O4. The van der Waals surface area contributed by atoms with Crippen molar-refractivity contribution in [1.29, 1.82) is 0 Å². The molecule has 0 aliphatic rings. The van der Waals surface area contributed by atoms with Crippen LogP contribution >= 0.6 is 0 Å². The summed E-state index contributed by atoms with van der Waals surface area (Å²) >= 11 is 0. The molecule has 0 heterocycles. The molecule has 0 amide bonds. The third kappa shape index (κ3) is 15.5. The Hall–Kier alpha value is -0.870. The number of carbonyl (C=O) groups is 1. The van der Waals surface area contributed by atoms with Crippen LogP contribution in [-0.4, -0.2) is 37.0 Å². The molecule has 130 valence electrons. The Bertz CT molecular complexity index is 266. The molecule has 0 spiro atoms. The Labute approximate surface area is 135 Å². The quantitative estimate of drug-likeness (QED) is 0.266. The first kappa shape index (κ1) is 21.1. The first-order valence-electron chi connectivity index (χ1n) is 8.75. The second kappa shape index (κ2) is 16.5. The molecule has 4 heteroatoms. The summed E-state index contributed by atoms with van der Waals surface area (Å²) in [5.74, 6) is -0.520. The Morgan fingerprint density at radius 3 is 2.09 bits per heavy atom. The highest BCUT2D eigenvalue weighted by Crippen LogP contribution is 2.10. The molecule has 0 rings (SSSR count). The zero-order valence-electron chi connectivity index (χ0n) is 14.2. The topological polar surface area (TPSA) is 55.8 Å². The summed E-state index contributed by atoms with van der Waals surface area (Å²) in [4.78, 5) is 10.8. The molecule has 0 aliphatic carbocycles. The van der Waals surface area contributed by atoms with Crippen LogP contribution in [0.5, 0.6) is 0 Å². The number of unbranched alkanes of at least 4 members (excludes halogenated alkanes) is 9. The lowest BCUT2D eigenvalue weighted by Crippen LogP contribution is -2.23. The summed E-state index contributed by atoms with van der Waals surface area (Å²) in [6.45, 7) is 6.36. The minimum Gasteiger partial charge on any atom is -0.460 e. The van der Waals surface area contributed by atoms with Crippen LogP contribution in [0.15, 0.2) is 12.7 Å². The number of esters is 1. The van der Waals surface area contributed by atoms with Crippen LogP contribution in [0.25, 0.3) is 0 Å². The lowest BCUT2D eigenvalue weighted by molar-refractivity contribution is -0.141. The van der Waals surface area contributed by atoms with Crippen LogP contribution in [0.1, 0.15) is 71.1 Å². The highest BCUT2D eigenvalue weighted by atomic mass is 16.5. The Balaban J connectivity index is 3.16. The summed E-state index contributed by atoms with van der Waals surface area (Å²) < 4.78 is 10.1. The zero-order valence-corrected chi connectivity index (χ0v) is 14.2. The van der Waals surface area contributed by atoms with Gasteiger partial charge in [-0.15, -0.1) is 0 Å². The van der Waals surface area contributed by atoms with E-state index in [1.165, 1.54) is 57.8 Å². The first-order chi connectivity index (χ1) is 10.7. The van der Waals surface area contributed by atoms with E-state index in [1.54, 1.807) is 0 Å². The van der Waals surface area contributed by atoms with Gasteiger partial charge in [-0.1, -0.05) is 71.3 Å². The highest BCUT2D eigenvalue weighted by molar-refractivity contribution is 5.81. The van der Waals surface area contributed by atoms with Gasteiger partial charge < -0.3 is 14.6 Å². The van der Waals surface area contributed by atoms with Crippen molar-refractivity contribution in [1.82, 2.24) is 0 Å². The second-order valence-electron chi connectivity index (χ2n) is 5.74. The molecular weight excluding hydrogens is 280 g/mol. The molecule has 22 heavy (non-hydrogen) atoms. The van der Waals surface area contributed by atoms with Gasteiger partial charge in [0.05, 0.1) is 6.61 Å². The molecule has 1 unspecified atom stereocenters. The van der Waals surface area contributed by atoms with Crippen molar-refractivity contribution in [3.63, 3.8) is 0 Å². The number of hydrogen-bond donors (Lipinski definition) is 1. The van der Waals surface area contributed by atoms with Crippen LogP contribution in [0.3, 0.4) is 0 Å². The SMILES string of the molecule is C=CC(=O)OCC(O)COCCCCCCCCCCCC. The summed E-state index contributed by atoms with van der Waals surface area (Å²) in [7, 11) is 0. The van der Waals surface area contributed by atoms with E-state index in [4.69, 9.17) is 9.47 Å². The van der Waals surface area contributed by atoms with Gasteiger partial charge in [0.1, 0.15) is 12.7 Å². The molecule has 0 radical (unpaired) electrons. The molecule has 1 N–H and O–H groups in total. The average Bonchev–Trinajstić information content (AvgIpc) is 2.53. The van der Waals surface area contributed by atoms with Crippen LogP contribution < -0.4 is 0 Å². The van der Waals surface area contributed by atoms with E-state index in [9.17, 15) is 9.90 Å². The minimum absolute atomic E-state index is 0.0388. The van der Waals surface area contributed by atoms with Gasteiger partial charge in [-0.25, -0.2) is 4.79 Å². The third-order valence-electron chi connectivity index (χ3n) is 3.54. The van der Waals surface area contributed by atoms with E-state index >= 15 is 0 Å². The molecule has 0 aromatic heterocycles. The minimum atomic E-state index is -0.757. The molecule has 4 nitrogen and oxygen atoms in total. The predicted molar refractivity (Wildman–Crippen MR) is 89.8 cm³/mol. The predicted octanol–water partition coefficient (Wildman–Crippen LogP) is 4.01. The number of ether oxygens (including phenoxy) is 2. The van der Waals surface area contributed by atoms with Gasteiger partial charge in [0, 0.05) is 12.7 Å². The molecule has 0 saturated heterocycles. The van der Waals surface area contributed by atoms with Crippen LogP contribution in [0.2, 0.25) is 0 Å². The third-order valence-corrected chi connectivity index (χ3v) is 3.54. The number of hydrogen-bond acceptors (Lipinski definition) is 4. The number of aliphatic hydroxyl groups is 1. The Morgan fingerprint density at radius 2 is 1.55 bits per heavy atom. The van der Waals surface area contributed by atoms with Crippen LogP contribution in [0.4, 0.5) is 0 Å². The van der Waals surface area contributed by atoms with Crippen molar-refractivity contribution in [2.45, 2.75) is 77.2 Å². The zero-order chi connectivity index (χ0) is 16.5. The summed E-state index contributed by atoms with van der Waals surface area (Å²) in [6, 6.07) is 0. The lowest BCUT2D eigenvalue weighted by Gasteiger charge is -2.11. The van der Waals surface area contributed by atoms with E-state index in [0.29, 0.717) is 6.61 Å². The fourth-order valence-corrected chi connectivity index (χ4v) is 2.20. The largest absolute Gasteiger partial charge is 0.460 e. The molecule has 0 fully saturated rings. The summed E-state index contributed by atoms with van der Waals surface area (Å²) in [5, 5.41) is 9.52. The van der Waals surface area contributed by atoms with Crippen molar-refractivity contribution < 1.29 is 19.4 Å². The van der Waals surface area contributed by atoms with E-state index in [1.807, 2.05) is 0 Å². The fraction of sp³-hybridized carbons (Fsp3) is 0.833. The molecule has 1 atom stereocenters. The van der Waals surface area contributed by atoms with Crippen LogP contribution in [0, 0.1) is 0 Å². The number of carbonyl (C=O) groups excluding carboxylic acids is 1. The van der Waals surface area contributed by atoms with Gasteiger partial charge in [-0.3, -0.25) is 0 Å². The molecule has 0 aromatic rings. The fourth-order valence-electron chi connectivity index (χ4n) is 2.20. The van der Waals surface area contributed by atoms with E-state index < -0.39 is 12.1 Å². The number of rotatable bonds is 16. The monoisotopic (exact) mass is 314 g/mol. The summed E-state index contributed by atoms with van der Waals surface area (Å²) in [5.41, 5.74) is 0. The van der Waals surface area contributed by atoms with Crippen molar-refractivity contribution >= 4 is 5.97 Å². The van der Waals surface area contributed by atoms with E-state index in [0.717, 1.165) is 12.5 Å². The molecule has 0 bridgehead atoms. The van der Waals surface area contributed by atoms with Gasteiger partial charge in [-0.05, 0) is 6.42 Å². The lowest BCUT2D eigenvalue weighted by atomic mass is 10.1. The van der Waals surface area contributed by atoms with Gasteiger partial charge >= 0.3 is 5.97 Å². The van der Waals surface area contributed by atoms with Gasteiger partial charge in [0.15, 0.2) is 0 Å². The van der Waals surface area contributed by atoms with E-state index in [-0.39, 0.29) is 13.2 Å². The summed E-state index contributed by atoms with van der Waals surface area (Å²) in [6.07, 6.45) is 13.3. The normalized spacial score (nSPS) is 12.1. The maximum atomic E-state index is 10.8. The highest BCUT2D eigenvalue weighted by Gasteiger charge is 2.06. The van der Waals surface area contributed by atoms with Crippen molar-refractivity contribution in [3.8, 4) is 0 Å². The van der Waals surface area contributed by atoms with Gasteiger partial charge in [0.25, 0.3) is 0 Å². The first-order valence-corrected chi connectivity index (χ1v) is 8.75. The molecule has 0 aromatic carbocycles.